The minimum Gasteiger partial charge on any atom is -0.300 e. The van der Waals surface area contributed by atoms with E-state index in [4.69, 9.17) is 4.98 Å². The highest BCUT2D eigenvalue weighted by Gasteiger charge is 2.22. The van der Waals surface area contributed by atoms with Gasteiger partial charge >= 0.3 is 0 Å². The van der Waals surface area contributed by atoms with Gasteiger partial charge in [-0.25, -0.2) is 4.98 Å². The van der Waals surface area contributed by atoms with Crippen molar-refractivity contribution in [1.82, 2.24) is 25.4 Å². The van der Waals surface area contributed by atoms with E-state index in [1.807, 2.05) is 74.5 Å². The largest absolute Gasteiger partial charge is 0.300 e. The van der Waals surface area contributed by atoms with Crippen molar-refractivity contribution in [3.63, 3.8) is 0 Å². The fourth-order valence-corrected chi connectivity index (χ4v) is 4.35. The van der Waals surface area contributed by atoms with Crippen molar-refractivity contribution < 1.29 is 4.79 Å². The molecule has 1 atom stereocenters. The van der Waals surface area contributed by atoms with Crippen LogP contribution in [0.3, 0.4) is 0 Å². The summed E-state index contributed by atoms with van der Waals surface area (Å²) in [5, 5.41) is 20.9. The zero-order valence-corrected chi connectivity index (χ0v) is 18.7. The summed E-state index contributed by atoms with van der Waals surface area (Å²) in [6, 6.07) is 19.7. The van der Waals surface area contributed by atoms with Crippen molar-refractivity contribution in [1.29, 1.82) is 0 Å². The number of carbonyl (C=O) groups is 1. The van der Waals surface area contributed by atoms with Gasteiger partial charge in [0.25, 0.3) is 0 Å². The molecule has 1 amide bonds. The van der Waals surface area contributed by atoms with Gasteiger partial charge in [-0.05, 0) is 13.3 Å². The Labute approximate surface area is 188 Å². The molecule has 0 aliphatic carbocycles. The average molecular weight is 449 g/mol. The molecule has 9 heteroatoms. The van der Waals surface area contributed by atoms with Crippen LogP contribution in [0.5, 0.6) is 0 Å². The topological polar surface area (TPSA) is 93.5 Å². The number of aryl methyl sites for hydroxylation is 1. The number of nitrogens with one attached hydrogen (secondary N) is 1. The fourth-order valence-electron chi connectivity index (χ4n) is 2.93. The van der Waals surface area contributed by atoms with Crippen molar-refractivity contribution in [2.45, 2.75) is 30.7 Å². The molecule has 7 nitrogen and oxygen atoms in total. The van der Waals surface area contributed by atoms with Gasteiger partial charge < -0.3 is 0 Å². The maximum absolute atomic E-state index is 12.7. The Kier molecular flexibility index (Phi) is 6.63. The zero-order valence-electron chi connectivity index (χ0n) is 17.0. The van der Waals surface area contributed by atoms with Crippen LogP contribution in [0.1, 0.15) is 18.4 Å². The number of amides is 1. The van der Waals surface area contributed by atoms with Crippen molar-refractivity contribution in [3.8, 4) is 22.5 Å². The molecule has 31 heavy (non-hydrogen) atoms. The summed E-state index contributed by atoms with van der Waals surface area (Å²) in [6.07, 6.45) is 0.610. The van der Waals surface area contributed by atoms with E-state index >= 15 is 0 Å². The van der Waals surface area contributed by atoms with Crippen LogP contribution in [-0.4, -0.2) is 36.5 Å². The van der Waals surface area contributed by atoms with E-state index in [9.17, 15) is 4.79 Å². The summed E-state index contributed by atoms with van der Waals surface area (Å²) in [7, 11) is 0. The summed E-state index contributed by atoms with van der Waals surface area (Å²) >= 11 is 2.64. The van der Waals surface area contributed by atoms with Gasteiger partial charge in [-0.1, -0.05) is 90.7 Å². The normalized spacial score (nSPS) is 11.8. The first kappa shape index (κ1) is 21.1. The minimum atomic E-state index is -0.378. The number of hydrogen-bond acceptors (Lipinski definition) is 8. The maximum atomic E-state index is 12.7. The maximum Gasteiger partial charge on any atom is 0.239 e. The summed E-state index contributed by atoms with van der Waals surface area (Å²) in [5.74, 6) is -0.152. The molecule has 0 aliphatic rings. The highest BCUT2D eigenvalue weighted by Crippen LogP contribution is 2.31. The second kappa shape index (κ2) is 9.76. The Bertz CT molecular complexity index is 1170. The number of thioether (sulfide) groups is 1. The predicted octanol–water partition coefficient (Wildman–Crippen LogP) is 4.87. The highest BCUT2D eigenvalue weighted by molar-refractivity contribution is 8.00. The number of hydrogen-bond donors (Lipinski definition) is 1. The van der Waals surface area contributed by atoms with Gasteiger partial charge in [-0.3, -0.25) is 10.1 Å². The number of benzene rings is 2. The molecule has 2 aromatic carbocycles. The second-order valence-electron chi connectivity index (χ2n) is 6.65. The quantitative estimate of drug-likeness (QED) is 0.403. The van der Waals surface area contributed by atoms with E-state index in [-0.39, 0.29) is 11.2 Å². The van der Waals surface area contributed by atoms with Gasteiger partial charge in [0.15, 0.2) is 0 Å². The molecule has 0 spiro atoms. The summed E-state index contributed by atoms with van der Waals surface area (Å²) < 4.78 is 0. The van der Waals surface area contributed by atoms with Crippen molar-refractivity contribution >= 4 is 34.1 Å². The third kappa shape index (κ3) is 5.12. The molecule has 0 saturated heterocycles. The summed E-state index contributed by atoms with van der Waals surface area (Å²) in [5.41, 5.74) is 3.33. The van der Waals surface area contributed by atoms with Crippen LogP contribution in [-0.2, 0) is 4.79 Å². The number of carbonyl (C=O) groups excluding carboxylic acids is 1. The Hall–Kier alpha value is -3.17. The van der Waals surface area contributed by atoms with Gasteiger partial charge in [-0.2, -0.15) is 0 Å². The molecular weight excluding hydrogens is 428 g/mol. The first-order valence-electron chi connectivity index (χ1n) is 9.77. The van der Waals surface area contributed by atoms with Crippen LogP contribution in [0.4, 0.5) is 5.13 Å². The lowest BCUT2D eigenvalue weighted by Crippen LogP contribution is -2.25. The Morgan fingerprint density at radius 1 is 0.935 bits per heavy atom. The van der Waals surface area contributed by atoms with E-state index in [1.165, 1.54) is 23.1 Å². The number of aromatic nitrogens is 5. The first-order chi connectivity index (χ1) is 15.1. The van der Waals surface area contributed by atoms with Crippen LogP contribution in [0.2, 0.25) is 0 Å². The summed E-state index contributed by atoms with van der Waals surface area (Å²) in [6.45, 7) is 3.80. The fraction of sp³-hybridized carbons (Fsp3) is 0.182. The lowest BCUT2D eigenvalue weighted by Gasteiger charge is -2.14. The van der Waals surface area contributed by atoms with E-state index in [0.29, 0.717) is 22.4 Å². The third-order valence-electron chi connectivity index (χ3n) is 4.43. The van der Waals surface area contributed by atoms with E-state index in [2.05, 4.69) is 25.7 Å². The number of nitrogens with zero attached hydrogens (tertiary/aromatic N) is 5. The molecule has 1 N–H and O–H groups in total. The SMILES string of the molecule is CCC(Sc1nnc(-c2ccccc2)c(-c2ccccc2)n1)C(=O)Nc1nnc(C)s1. The van der Waals surface area contributed by atoms with E-state index in [0.717, 1.165) is 21.8 Å². The van der Waals surface area contributed by atoms with Crippen molar-refractivity contribution in [2.75, 3.05) is 5.32 Å². The van der Waals surface area contributed by atoms with Crippen LogP contribution in [0.25, 0.3) is 22.5 Å². The zero-order chi connectivity index (χ0) is 21.6. The minimum absolute atomic E-state index is 0.152. The van der Waals surface area contributed by atoms with Crippen molar-refractivity contribution in [2.24, 2.45) is 0 Å². The molecule has 0 aliphatic heterocycles. The van der Waals surface area contributed by atoms with E-state index < -0.39 is 0 Å². The third-order valence-corrected chi connectivity index (χ3v) is 6.40. The van der Waals surface area contributed by atoms with Gasteiger partial charge in [-0.15, -0.1) is 20.4 Å². The van der Waals surface area contributed by atoms with Gasteiger partial charge in [0, 0.05) is 11.1 Å². The second-order valence-corrected chi connectivity index (χ2v) is 9.01. The van der Waals surface area contributed by atoms with Crippen LogP contribution >= 0.6 is 23.1 Å². The smallest absolute Gasteiger partial charge is 0.239 e. The van der Waals surface area contributed by atoms with Crippen LogP contribution in [0.15, 0.2) is 65.8 Å². The molecule has 0 bridgehead atoms. The first-order valence-corrected chi connectivity index (χ1v) is 11.5. The van der Waals surface area contributed by atoms with Crippen LogP contribution in [0, 0.1) is 6.92 Å². The van der Waals surface area contributed by atoms with Gasteiger partial charge in [0.05, 0.1) is 5.25 Å². The van der Waals surface area contributed by atoms with Gasteiger partial charge in [0.1, 0.15) is 16.4 Å². The molecule has 156 valence electrons. The molecule has 4 rings (SSSR count). The Balaban J connectivity index is 1.63. The highest BCUT2D eigenvalue weighted by atomic mass is 32.2. The lowest BCUT2D eigenvalue weighted by atomic mass is 10.0. The van der Waals surface area contributed by atoms with Crippen LogP contribution < -0.4 is 5.32 Å². The molecule has 2 heterocycles. The molecule has 0 saturated carbocycles. The Morgan fingerprint density at radius 2 is 1.58 bits per heavy atom. The standard InChI is InChI=1S/C22H20N6OS2/c1-3-17(20(29)24-22-27-25-14(2)30-22)31-21-23-18(15-10-6-4-7-11-15)19(26-28-21)16-12-8-5-9-13-16/h4-13,17H,3H2,1-2H3,(H,24,27,29). The molecule has 2 aromatic heterocycles. The average Bonchev–Trinajstić information content (AvgIpc) is 3.22. The number of rotatable bonds is 7. The molecule has 0 radical (unpaired) electrons. The lowest BCUT2D eigenvalue weighted by molar-refractivity contribution is -0.115. The molecule has 0 fully saturated rings. The van der Waals surface area contributed by atoms with Gasteiger partial charge in [0.2, 0.25) is 16.2 Å². The monoisotopic (exact) mass is 448 g/mol. The molecular formula is C22H20N6OS2. The molecule has 4 aromatic rings. The predicted molar refractivity (Wildman–Crippen MR) is 124 cm³/mol. The van der Waals surface area contributed by atoms with E-state index in [1.54, 1.807) is 0 Å². The molecule has 1 unspecified atom stereocenters. The number of anilines is 1. The Morgan fingerprint density at radius 3 is 2.16 bits per heavy atom. The summed E-state index contributed by atoms with van der Waals surface area (Å²) in [4.78, 5) is 17.5. The van der Waals surface area contributed by atoms with Crippen molar-refractivity contribution in [3.05, 3.63) is 65.7 Å².